The zero-order valence-corrected chi connectivity index (χ0v) is 16.1. The Morgan fingerprint density at radius 2 is 2.07 bits per heavy atom. The van der Waals surface area contributed by atoms with Gasteiger partial charge in [0.25, 0.3) is 0 Å². The second-order valence-corrected chi connectivity index (χ2v) is 6.56. The molecule has 0 aliphatic carbocycles. The van der Waals surface area contributed by atoms with Crippen LogP contribution in [0.25, 0.3) is 0 Å². The first-order valence-corrected chi connectivity index (χ1v) is 8.90. The summed E-state index contributed by atoms with van der Waals surface area (Å²) in [4.78, 5) is 18.2. The highest BCUT2D eigenvalue weighted by molar-refractivity contribution is 5.95. The van der Waals surface area contributed by atoms with E-state index in [1.54, 1.807) is 4.68 Å². The first kappa shape index (κ1) is 20.4. The summed E-state index contributed by atoms with van der Waals surface area (Å²) in [7, 11) is 3.97. The fourth-order valence-electron chi connectivity index (χ4n) is 2.49. The summed E-state index contributed by atoms with van der Waals surface area (Å²) >= 11 is 0. The molecule has 0 aliphatic heterocycles. The van der Waals surface area contributed by atoms with Gasteiger partial charge < -0.3 is 16.0 Å². The van der Waals surface area contributed by atoms with E-state index in [0.717, 1.165) is 24.2 Å². The highest BCUT2D eigenvalue weighted by atomic mass is 16.2. The highest BCUT2D eigenvalue weighted by Crippen LogP contribution is 2.10. The molecule has 2 rings (SSSR count). The summed E-state index contributed by atoms with van der Waals surface area (Å²) in [6, 6.07) is 9.20. The zero-order chi connectivity index (χ0) is 19.6. The van der Waals surface area contributed by atoms with Gasteiger partial charge in [0.2, 0.25) is 0 Å². The Kier molecular flexibility index (Phi) is 7.75. The molecular weight excluding hydrogens is 344 g/mol. The van der Waals surface area contributed by atoms with Gasteiger partial charge in [0.15, 0.2) is 5.96 Å². The number of aromatic nitrogens is 3. The molecule has 0 unspecified atom stereocenters. The van der Waals surface area contributed by atoms with E-state index >= 15 is 0 Å². The fourth-order valence-corrected chi connectivity index (χ4v) is 2.49. The van der Waals surface area contributed by atoms with E-state index in [1.807, 2.05) is 62.4 Å². The zero-order valence-electron chi connectivity index (χ0n) is 16.1. The molecule has 0 aliphatic rings. The molecule has 4 N–H and O–H groups in total. The smallest absolute Gasteiger partial charge is 0.322 e. The van der Waals surface area contributed by atoms with Crippen molar-refractivity contribution in [2.24, 2.45) is 10.7 Å². The van der Waals surface area contributed by atoms with Gasteiger partial charge in [0.05, 0.1) is 11.7 Å². The average Bonchev–Trinajstić information content (AvgIpc) is 3.06. The second-order valence-electron chi connectivity index (χ2n) is 6.56. The van der Waals surface area contributed by atoms with Gasteiger partial charge >= 0.3 is 6.03 Å². The van der Waals surface area contributed by atoms with Crippen LogP contribution in [-0.2, 0) is 13.1 Å². The molecule has 2 amide bonds. The first-order chi connectivity index (χ1) is 12.9. The van der Waals surface area contributed by atoms with Gasteiger partial charge in [-0.25, -0.2) is 4.79 Å². The summed E-state index contributed by atoms with van der Waals surface area (Å²) in [6.45, 7) is 3.84. The van der Waals surface area contributed by atoms with Gasteiger partial charge in [-0.05, 0) is 33.0 Å². The predicted molar refractivity (Wildman–Crippen MR) is 105 cm³/mol. The number of nitrogens with two attached hydrogens (primary N) is 1. The molecule has 27 heavy (non-hydrogen) atoms. The van der Waals surface area contributed by atoms with Crippen LogP contribution in [0.4, 0.5) is 4.79 Å². The summed E-state index contributed by atoms with van der Waals surface area (Å²) in [5, 5.41) is 13.6. The largest absolute Gasteiger partial charge is 0.370 e. The lowest BCUT2D eigenvalue weighted by Gasteiger charge is -2.14. The number of hydrogen-bond donors (Lipinski definition) is 3. The number of aryl methyl sites for hydroxylation is 1. The van der Waals surface area contributed by atoms with E-state index in [4.69, 9.17) is 5.73 Å². The number of carbonyl (C=O) groups excluding carboxylic acids is 1. The van der Waals surface area contributed by atoms with Crippen LogP contribution in [-0.4, -0.2) is 52.5 Å². The molecule has 9 heteroatoms. The van der Waals surface area contributed by atoms with Crippen molar-refractivity contribution in [3.8, 4) is 0 Å². The minimum absolute atomic E-state index is 0.0969. The minimum Gasteiger partial charge on any atom is -0.370 e. The van der Waals surface area contributed by atoms with Crippen LogP contribution in [0.1, 0.15) is 30.6 Å². The third-order valence-electron chi connectivity index (χ3n) is 3.78. The van der Waals surface area contributed by atoms with Crippen LogP contribution < -0.4 is 16.4 Å². The van der Waals surface area contributed by atoms with E-state index in [-0.39, 0.29) is 18.0 Å². The number of amides is 2. The molecule has 0 bridgehead atoms. The normalized spacial score (nSPS) is 12.8. The van der Waals surface area contributed by atoms with Crippen molar-refractivity contribution in [1.82, 2.24) is 30.5 Å². The van der Waals surface area contributed by atoms with Crippen molar-refractivity contribution < 1.29 is 4.79 Å². The lowest BCUT2D eigenvalue weighted by Crippen LogP contribution is -2.44. The molecule has 9 nitrogen and oxygen atoms in total. The number of guanidine groups is 1. The Morgan fingerprint density at radius 1 is 1.33 bits per heavy atom. The van der Waals surface area contributed by atoms with Crippen LogP contribution in [0.5, 0.6) is 0 Å². The van der Waals surface area contributed by atoms with Gasteiger partial charge in [-0.3, -0.25) is 15.0 Å². The topological polar surface area (TPSA) is 113 Å². The van der Waals surface area contributed by atoms with E-state index < -0.39 is 0 Å². The number of carbonyl (C=O) groups is 1. The predicted octanol–water partition coefficient (Wildman–Crippen LogP) is 1.10. The van der Waals surface area contributed by atoms with Crippen LogP contribution in [0.2, 0.25) is 0 Å². The lowest BCUT2D eigenvalue weighted by molar-refractivity contribution is 0.242. The Hall–Kier alpha value is -2.94. The summed E-state index contributed by atoms with van der Waals surface area (Å²) in [5.74, 6) is 0.0969. The number of nitrogens with one attached hydrogen (secondary N) is 2. The fraction of sp³-hybridized carbons (Fsp3) is 0.444. The van der Waals surface area contributed by atoms with Crippen LogP contribution in [0, 0.1) is 0 Å². The first-order valence-electron chi connectivity index (χ1n) is 8.90. The molecule has 146 valence electrons. The third-order valence-corrected chi connectivity index (χ3v) is 3.78. The molecule has 1 aromatic heterocycles. The van der Waals surface area contributed by atoms with E-state index in [1.165, 1.54) is 0 Å². The highest BCUT2D eigenvalue weighted by Gasteiger charge is 2.09. The van der Waals surface area contributed by atoms with Gasteiger partial charge in [-0.2, -0.15) is 0 Å². The standard InChI is InChI=1S/C18H28N8O/c1-14(15-8-5-4-6-9-15)21-18(27)22-17(19)20-10-7-11-26-13-16(23-24-26)12-25(2)3/h4-6,8-9,13-14H,7,10-12H2,1-3H3,(H4,19,20,21,22,27)/t14-/m1/s1. The third kappa shape index (κ3) is 7.45. The quantitative estimate of drug-likeness (QED) is 0.365. The molecule has 1 heterocycles. The molecule has 2 aromatic rings. The van der Waals surface area contributed by atoms with Crippen molar-refractivity contribution in [1.29, 1.82) is 0 Å². The summed E-state index contributed by atoms with van der Waals surface area (Å²) in [5.41, 5.74) is 7.71. The molecule has 0 radical (unpaired) electrons. The molecule has 0 saturated heterocycles. The van der Waals surface area contributed by atoms with E-state index in [2.05, 4.69) is 25.9 Å². The number of aliphatic imine (C=N–C) groups is 1. The Labute approximate surface area is 159 Å². The number of benzene rings is 1. The van der Waals surface area contributed by atoms with Crippen molar-refractivity contribution in [3.63, 3.8) is 0 Å². The van der Waals surface area contributed by atoms with Crippen LogP contribution in [0.3, 0.4) is 0 Å². The van der Waals surface area contributed by atoms with Crippen LogP contribution >= 0.6 is 0 Å². The maximum Gasteiger partial charge on any atom is 0.322 e. The van der Waals surface area contributed by atoms with Gasteiger partial charge in [0.1, 0.15) is 0 Å². The van der Waals surface area contributed by atoms with E-state index in [0.29, 0.717) is 13.1 Å². The molecule has 1 aromatic carbocycles. The van der Waals surface area contributed by atoms with Crippen molar-refractivity contribution >= 4 is 12.0 Å². The number of nitrogens with zero attached hydrogens (tertiary/aromatic N) is 5. The molecule has 0 saturated carbocycles. The molecular formula is C18H28N8O. The van der Waals surface area contributed by atoms with Crippen molar-refractivity contribution in [2.45, 2.75) is 32.5 Å². The Bertz CT molecular complexity index is 741. The maximum absolute atomic E-state index is 12.0. The maximum atomic E-state index is 12.0. The number of hydrogen-bond acceptors (Lipinski definition) is 5. The number of urea groups is 1. The Balaban J connectivity index is 1.69. The number of rotatable bonds is 8. The molecule has 0 spiro atoms. The Morgan fingerprint density at radius 3 is 2.78 bits per heavy atom. The van der Waals surface area contributed by atoms with Crippen molar-refractivity contribution in [2.75, 3.05) is 20.6 Å². The minimum atomic E-state index is -0.378. The van der Waals surface area contributed by atoms with Gasteiger partial charge in [-0.1, -0.05) is 35.5 Å². The van der Waals surface area contributed by atoms with E-state index in [9.17, 15) is 4.79 Å². The van der Waals surface area contributed by atoms with Gasteiger partial charge in [-0.15, -0.1) is 5.10 Å². The van der Waals surface area contributed by atoms with Crippen molar-refractivity contribution in [3.05, 3.63) is 47.8 Å². The molecule has 1 atom stereocenters. The lowest BCUT2D eigenvalue weighted by atomic mass is 10.1. The summed E-state index contributed by atoms with van der Waals surface area (Å²) in [6.07, 6.45) is 2.67. The monoisotopic (exact) mass is 372 g/mol. The summed E-state index contributed by atoms with van der Waals surface area (Å²) < 4.78 is 1.78. The van der Waals surface area contributed by atoms with Crippen LogP contribution in [0.15, 0.2) is 41.5 Å². The average molecular weight is 372 g/mol. The second kappa shape index (κ2) is 10.3. The SMILES string of the molecule is C[C@@H](NC(=O)NC(N)=NCCCn1cc(CN(C)C)nn1)c1ccccc1. The molecule has 0 fully saturated rings. The van der Waals surface area contributed by atoms with Gasteiger partial charge in [0, 0.05) is 25.8 Å².